The molecule has 1 heterocycles. The lowest BCUT2D eigenvalue weighted by molar-refractivity contribution is -0.127. The maximum Gasteiger partial charge on any atom is 0.138 e. The Morgan fingerprint density at radius 1 is 1.16 bits per heavy atom. The van der Waals surface area contributed by atoms with E-state index in [0.29, 0.717) is 12.2 Å². The third-order valence-electron chi connectivity index (χ3n) is 5.52. The minimum absolute atomic E-state index is 0.0675. The molecule has 0 aromatic heterocycles. The number of piperidine rings is 1. The molecule has 0 saturated carbocycles. The Hall–Kier alpha value is -1.71. The Bertz CT molecular complexity index is 747. The fourth-order valence-corrected chi connectivity index (χ4v) is 4.16. The average molecular weight is 339 g/mol. The van der Waals surface area contributed by atoms with E-state index in [2.05, 4.69) is 68.3 Å². The molecule has 0 aliphatic carbocycles. The van der Waals surface area contributed by atoms with E-state index in [9.17, 15) is 4.79 Å². The number of ether oxygens (including phenoxy) is 1. The van der Waals surface area contributed by atoms with Gasteiger partial charge in [0.2, 0.25) is 0 Å². The third kappa shape index (κ3) is 3.94. The molecule has 1 aliphatic rings. The normalized spacial score (nSPS) is 22.2. The second-order valence-corrected chi connectivity index (χ2v) is 8.07. The molecule has 1 aliphatic heterocycles. The molecule has 2 aromatic rings. The lowest BCUT2D eigenvalue weighted by Crippen LogP contribution is -2.45. The van der Waals surface area contributed by atoms with Gasteiger partial charge in [-0.2, -0.15) is 0 Å². The van der Waals surface area contributed by atoms with Crippen LogP contribution in [0.2, 0.25) is 0 Å². The fourth-order valence-electron chi connectivity index (χ4n) is 4.16. The quantitative estimate of drug-likeness (QED) is 0.823. The van der Waals surface area contributed by atoms with E-state index in [1.54, 1.807) is 7.11 Å². The van der Waals surface area contributed by atoms with Gasteiger partial charge in [-0.3, -0.25) is 4.79 Å². The number of likely N-dealkylation sites (N-methyl/N-ethyl adjacent to an activating group) is 1. The van der Waals surface area contributed by atoms with Crippen molar-refractivity contribution in [2.45, 2.75) is 38.2 Å². The molecular formula is C22H29NO2. The number of carbonyl (C=O) groups excluding carboxylic acids is 1. The zero-order valence-corrected chi connectivity index (χ0v) is 15.8. The number of likely N-dealkylation sites (tertiary alicyclic amines) is 1. The molecule has 2 unspecified atom stereocenters. The summed E-state index contributed by atoms with van der Waals surface area (Å²) in [5.74, 6) is 0.421. The van der Waals surface area contributed by atoms with Crippen molar-refractivity contribution >= 4 is 16.6 Å². The molecule has 0 amide bonds. The Morgan fingerprint density at radius 2 is 1.88 bits per heavy atom. The number of hydrogen-bond donors (Lipinski definition) is 0. The second kappa shape index (κ2) is 7.27. The van der Waals surface area contributed by atoms with Crippen molar-refractivity contribution in [3.05, 3.63) is 48.0 Å². The summed E-state index contributed by atoms with van der Waals surface area (Å²) in [7, 11) is 3.81. The number of carbonyl (C=O) groups is 1. The largest absolute Gasteiger partial charge is 0.380 e. The van der Waals surface area contributed by atoms with Crippen molar-refractivity contribution < 1.29 is 9.53 Å². The monoisotopic (exact) mass is 339 g/mol. The highest BCUT2D eigenvalue weighted by Crippen LogP contribution is 2.35. The van der Waals surface area contributed by atoms with Gasteiger partial charge in [0.1, 0.15) is 5.78 Å². The van der Waals surface area contributed by atoms with Crippen molar-refractivity contribution in [1.82, 2.24) is 4.90 Å². The van der Waals surface area contributed by atoms with Gasteiger partial charge in [-0.25, -0.2) is 0 Å². The predicted molar refractivity (Wildman–Crippen MR) is 103 cm³/mol. The number of Topliss-reactive ketones (excluding diaryl/α,β-unsaturated/α-hetero) is 1. The highest BCUT2D eigenvalue weighted by Gasteiger charge is 2.34. The van der Waals surface area contributed by atoms with Gasteiger partial charge < -0.3 is 9.64 Å². The molecule has 0 spiro atoms. The molecule has 3 rings (SSSR count). The number of rotatable bonds is 5. The summed E-state index contributed by atoms with van der Waals surface area (Å²) in [5, 5.41) is 2.48. The zero-order chi connectivity index (χ0) is 18.0. The van der Waals surface area contributed by atoms with Gasteiger partial charge in [0.15, 0.2) is 0 Å². The predicted octanol–water partition coefficient (Wildman–Crippen LogP) is 4.04. The topological polar surface area (TPSA) is 29.5 Å². The van der Waals surface area contributed by atoms with E-state index < -0.39 is 0 Å². The summed E-state index contributed by atoms with van der Waals surface area (Å²) in [6.07, 6.45) is 1.56. The van der Waals surface area contributed by atoms with E-state index in [-0.39, 0.29) is 17.4 Å². The highest BCUT2D eigenvalue weighted by molar-refractivity contribution is 5.88. The maximum absolute atomic E-state index is 13.0. The first-order valence-corrected chi connectivity index (χ1v) is 9.13. The van der Waals surface area contributed by atoms with E-state index in [1.807, 2.05) is 0 Å². The van der Waals surface area contributed by atoms with Crippen molar-refractivity contribution in [3.8, 4) is 0 Å². The van der Waals surface area contributed by atoms with Crippen molar-refractivity contribution in [1.29, 1.82) is 0 Å². The van der Waals surface area contributed by atoms with Gasteiger partial charge in [0.05, 0.1) is 6.10 Å². The van der Waals surface area contributed by atoms with Crippen LogP contribution in [-0.4, -0.2) is 44.0 Å². The van der Waals surface area contributed by atoms with Crippen LogP contribution < -0.4 is 0 Å². The molecule has 0 radical (unpaired) electrons. The Morgan fingerprint density at radius 3 is 2.64 bits per heavy atom. The summed E-state index contributed by atoms with van der Waals surface area (Å²) >= 11 is 0. The van der Waals surface area contributed by atoms with Gasteiger partial charge in [-0.1, -0.05) is 56.3 Å². The third-order valence-corrected chi connectivity index (χ3v) is 5.52. The van der Waals surface area contributed by atoms with Crippen molar-refractivity contribution in [3.63, 3.8) is 0 Å². The lowest BCUT2D eigenvalue weighted by Gasteiger charge is -2.36. The van der Waals surface area contributed by atoms with Crippen molar-refractivity contribution in [2.24, 2.45) is 5.92 Å². The molecule has 3 nitrogen and oxygen atoms in total. The first kappa shape index (κ1) is 18.1. The number of ketones is 1. The number of nitrogens with zero attached hydrogens (tertiary/aromatic N) is 1. The van der Waals surface area contributed by atoms with Gasteiger partial charge in [-0.15, -0.1) is 0 Å². The standard InChI is InChI=1S/C22H29NO2/c1-22(2,20-11-7-9-16-8-5-6-10-19(16)20)13-21(24)17-12-18(25-4)15-23(3)14-17/h5-11,17-18H,12-15H2,1-4H3. The van der Waals surface area contributed by atoms with Crippen molar-refractivity contribution in [2.75, 3.05) is 27.2 Å². The summed E-state index contributed by atoms with van der Waals surface area (Å²) in [4.78, 5) is 15.3. The van der Waals surface area contributed by atoms with Crippen LogP contribution in [0.25, 0.3) is 10.8 Å². The van der Waals surface area contributed by atoms with Crippen LogP contribution in [0.4, 0.5) is 0 Å². The van der Waals surface area contributed by atoms with Gasteiger partial charge in [0.25, 0.3) is 0 Å². The number of benzene rings is 2. The minimum atomic E-state index is -0.184. The van der Waals surface area contributed by atoms with E-state index in [0.717, 1.165) is 19.5 Å². The first-order chi connectivity index (χ1) is 11.9. The first-order valence-electron chi connectivity index (χ1n) is 9.13. The summed E-state index contributed by atoms with van der Waals surface area (Å²) in [5.41, 5.74) is 1.07. The summed E-state index contributed by atoms with van der Waals surface area (Å²) in [6.45, 7) is 6.12. The summed E-state index contributed by atoms with van der Waals surface area (Å²) in [6, 6.07) is 14.8. The fraction of sp³-hybridized carbons (Fsp3) is 0.500. The van der Waals surface area contributed by atoms with Crippen LogP contribution in [0, 0.1) is 5.92 Å². The van der Waals surface area contributed by atoms with E-state index in [4.69, 9.17) is 4.74 Å². The van der Waals surface area contributed by atoms with Crippen LogP contribution in [0.5, 0.6) is 0 Å². The van der Waals surface area contributed by atoms with Gasteiger partial charge >= 0.3 is 0 Å². The molecule has 1 fully saturated rings. The van der Waals surface area contributed by atoms with E-state index >= 15 is 0 Å². The SMILES string of the molecule is COC1CC(C(=O)CC(C)(C)c2cccc3ccccc23)CN(C)C1. The van der Waals surface area contributed by atoms with Crippen LogP contribution in [0.3, 0.4) is 0 Å². The molecule has 134 valence electrons. The molecule has 0 bridgehead atoms. The molecule has 2 aromatic carbocycles. The van der Waals surface area contributed by atoms with Crippen LogP contribution in [0.1, 0.15) is 32.3 Å². The van der Waals surface area contributed by atoms with Crippen LogP contribution in [0.15, 0.2) is 42.5 Å². The number of methoxy groups -OCH3 is 1. The van der Waals surface area contributed by atoms with Gasteiger partial charge in [0, 0.05) is 32.5 Å². The number of fused-ring (bicyclic) bond motifs is 1. The number of hydrogen-bond acceptors (Lipinski definition) is 3. The lowest BCUT2D eigenvalue weighted by atomic mass is 9.75. The molecule has 0 N–H and O–H groups in total. The molecule has 2 atom stereocenters. The molecule has 1 saturated heterocycles. The zero-order valence-electron chi connectivity index (χ0n) is 15.8. The van der Waals surface area contributed by atoms with Crippen LogP contribution in [-0.2, 0) is 14.9 Å². The molecular weight excluding hydrogens is 310 g/mol. The van der Waals surface area contributed by atoms with E-state index in [1.165, 1.54) is 16.3 Å². The average Bonchev–Trinajstić information content (AvgIpc) is 2.60. The second-order valence-electron chi connectivity index (χ2n) is 8.07. The Labute approximate surface area is 151 Å². The molecule has 25 heavy (non-hydrogen) atoms. The van der Waals surface area contributed by atoms with Gasteiger partial charge in [-0.05, 0) is 35.2 Å². The Kier molecular flexibility index (Phi) is 5.26. The summed E-state index contributed by atoms with van der Waals surface area (Å²) < 4.78 is 5.52. The minimum Gasteiger partial charge on any atom is -0.380 e. The van der Waals surface area contributed by atoms with Crippen LogP contribution >= 0.6 is 0 Å². The Balaban J connectivity index is 1.81. The maximum atomic E-state index is 13.0. The smallest absolute Gasteiger partial charge is 0.138 e. The highest BCUT2D eigenvalue weighted by atomic mass is 16.5. The molecule has 3 heteroatoms.